The Kier molecular flexibility index (Phi) is 4.29. The van der Waals surface area contributed by atoms with Crippen LogP contribution in [0.1, 0.15) is 18.1 Å². The summed E-state index contributed by atoms with van der Waals surface area (Å²) in [5, 5.41) is 0. The molecule has 1 heterocycles. The van der Waals surface area contributed by atoms with Crippen molar-refractivity contribution >= 4 is 28.7 Å². The first kappa shape index (κ1) is 16.9. The fraction of sp³-hybridized carbons (Fsp3) is 0.0909. The Hall–Kier alpha value is -2.59. The number of benzene rings is 3. The van der Waals surface area contributed by atoms with Crippen LogP contribution in [0.3, 0.4) is 0 Å². The summed E-state index contributed by atoms with van der Waals surface area (Å²) >= 11 is 1.61. The molecule has 1 nitrogen and oxygen atoms in total. The fourth-order valence-electron chi connectivity index (χ4n) is 3.37. The minimum Gasteiger partial charge on any atom is -0.344 e. The molecule has 0 atom stereocenters. The highest BCUT2D eigenvalue weighted by Gasteiger charge is 2.26. The smallest absolute Gasteiger partial charge is 0.123 e. The molecule has 0 saturated heterocycles. The normalized spacial score (nSPS) is 12.6. The van der Waals surface area contributed by atoms with Gasteiger partial charge in [-0.15, -0.1) is 0 Å². The van der Waals surface area contributed by atoms with E-state index in [1.807, 2.05) is 49.2 Å². The van der Waals surface area contributed by atoms with E-state index in [4.69, 9.17) is 0 Å². The lowest BCUT2D eigenvalue weighted by Gasteiger charge is -2.32. The van der Waals surface area contributed by atoms with E-state index in [2.05, 4.69) is 0 Å². The van der Waals surface area contributed by atoms with Crippen molar-refractivity contribution in [3.05, 3.63) is 94.4 Å². The Morgan fingerprint density at radius 2 is 1.35 bits per heavy atom. The topological polar surface area (TPSA) is 3.24 Å². The van der Waals surface area contributed by atoms with Crippen LogP contribution in [-0.4, -0.2) is 7.05 Å². The van der Waals surface area contributed by atoms with Crippen molar-refractivity contribution in [2.75, 3.05) is 11.9 Å². The van der Waals surface area contributed by atoms with Gasteiger partial charge in [-0.1, -0.05) is 30.0 Å². The van der Waals surface area contributed by atoms with Crippen LogP contribution in [0.2, 0.25) is 0 Å². The van der Waals surface area contributed by atoms with Crippen molar-refractivity contribution in [2.45, 2.75) is 11.8 Å². The van der Waals surface area contributed by atoms with Crippen molar-refractivity contribution in [2.24, 2.45) is 0 Å². The number of nitrogens with zero attached hydrogens (tertiary/aromatic N) is 1. The second-order valence-corrected chi connectivity index (χ2v) is 7.52. The second kappa shape index (κ2) is 6.61. The Morgan fingerprint density at radius 3 is 1.88 bits per heavy atom. The number of anilines is 2. The Labute approximate surface area is 156 Å². The number of thioether (sulfide) groups is 1. The van der Waals surface area contributed by atoms with Gasteiger partial charge >= 0.3 is 0 Å². The monoisotopic (exact) mass is 365 g/mol. The molecular weight excluding hydrogens is 348 g/mol. The lowest BCUT2D eigenvalue weighted by Crippen LogP contribution is -2.18. The van der Waals surface area contributed by atoms with Crippen molar-refractivity contribution in [1.82, 2.24) is 0 Å². The molecule has 0 aliphatic carbocycles. The van der Waals surface area contributed by atoms with E-state index in [0.29, 0.717) is 0 Å². The van der Waals surface area contributed by atoms with E-state index in [-0.39, 0.29) is 11.6 Å². The van der Waals surface area contributed by atoms with Crippen LogP contribution >= 0.6 is 11.8 Å². The van der Waals surface area contributed by atoms with E-state index in [1.54, 1.807) is 23.9 Å². The molecule has 3 aromatic carbocycles. The summed E-state index contributed by atoms with van der Waals surface area (Å²) in [5.41, 5.74) is 4.26. The molecule has 0 amide bonds. The largest absolute Gasteiger partial charge is 0.344 e. The summed E-state index contributed by atoms with van der Waals surface area (Å²) in [6.45, 7) is 2.00. The summed E-state index contributed by atoms with van der Waals surface area (Å²) in [4.78, 5) is 4.07. The molecule has 3 aromatic rings. The maximum atomic E-state index is 14.0. The average Bonchev–Trinajstić information content (AvgIpc) is 2.62. The van der Waals surface area contributed by atoms with Crippen LogP contribution in [0.4, 0.5) is 20.2 Å². The highest BCUT2D eigenvalue weighted by molar-refractivity contribution is 8.03. The molecule has 0 radical (unpaired) electrons. The number of allylic oxidation sites excluding steroid dienone is 1. The first-order valence-electron chi connectivity index (χ1n) is 8.32. The first-order valence-corrected chi connectivity index (χ1v) is 9.13. The molecule has 0 fully saturated rings. The van der Waals surface area contributed by atoms with Gasteiger partial charge in [0.25, 0.3) is 0 Å². The molecule has 26 heavy (non-hydrogen) atoms. The fourth-order valence-corrected chi connectivity index (χ4v) is 4.34. The first-order chi connectivity index (χ1) is 12.5. The number of halogens is 2. The Morgan fingerprint density at radius 1 is 0.808 bits per heavy atom. The quantitative estimate of drug-likeness (QED) is 0.470. The standard InChI is InChI=1S/C22H17F2NS/c1-14(26-17-6-4-3-5-7-17)22-18-12-15(23)8-10-20(18)25(2)21-11-9-16(24)13-19(21)22/h3-13H,1-2H3. The van der Waals surface area contributed by atoms with E-state index in [9.17, 15) is 8.78 Å². The van der Waals surface area contributed by atoms with E-state index in [1.165, 1.54) is 24.3 Å². The molecule has 1 aliphatic rings. The molecule has 0 spiro atoms. The third kappa shape index (κ3) is 2.90. The summed E-state index contributed by atoms with van der Waals surface area (Å²) in [7, 11) is 1.92. The second-order valence-electron chi connectivity index (χ2n) is 6.23. The Balaban J connectivity index is 1.96. The molecule has 0 aromatic heterocycles. The third-order valence-electron chi connectivity index (χ3n) is 4.54. The molecule has 0 saturated carbocycles. The van der Waals surface area contributed by atoms with Crippen LogP contribution in [0.25, 0.3) is 5.57 Å². The van der Waals surface area contributed by atoms with Crippen LogP contribution in [0, 0.1) is 11.6 Å². The van der Waals surface area contributed by atoms with Gasteiger partial charge in [0.05, 0.1) is 0 Å². The third-order valence-corrected chi connectivity index (χ3v) is 5.56. The number of hydrogen-bond acceptors (Lipinski definition) is 2. The van der Waals surface area contributed by atoms with E-state index >= 15 is 0 Å². The molecule has 0 N–H and O–H groups in total. The van der Waals surface area contributed by atoms with Gasteiger partial charge in [-0.05, 0) is 60.4 Å². The predicted octanol–water partition coefficient (Wildman–Crippen LogP) is 6.62. The predicted molar refractivity (Wildman–Crippen MR) is 105 cm³/mol. The van der Waals surface area contributed by atoms with Gasteiger partial charge in [0.15, 0.2) is 0 Å². The van der Waals surface area contributed by atoms with Gasteiger partial charge in [-0.25, -0.2) is 8.78 Å². The maximum Gasteiger partial charge on any atom is 0.123 e. The van der Waals surface area contributed by atoms with Crippen molar-refractivity contribution in [1.29, 1.82) is 0 Å². The summed E-state index contributed by atoms with van der Waals surface area (Å²) in [6.07, 6.45) is 0. The maximum absolute atomic E-state index is 14.0. The number of hydrogen-bond donors (Lipinski definition) is 0. The van der Waals surface area contributed by atoms with Gasteiger partial charge in [-0.2, -0.15) is 0 Å². The lowest BCUT2D eigenvalue weighted by atomic mass is 9.90. The molecule has 4 rings (SSSR count). The minimum absolute atomic E-state index is 0.299. The molecule has 0 bridgehead atoms. The lowest BCUT2D eigenvalue weighted by molar-refractivity contribution is 0.626. The Bertz CT molecular complexity index is 956. The zero-order chi connectivity index (χ0) is 18.3. The van der Waals surface area contributed by atoms with Crippen LogP contribution in [0.5, 0.6) is 0 Å². The van der Waals surface area contributed by atoms with Crippen molar-refractivity contribution in [3.8, 4) is 0 Å². The van der Waals surface area contributed by atoms with Gasteiger partial charge in [-0.3, -0.25) is 0 Å². The van der Waals surface area contributed by atoms with Gasteiger partial charge < -0.3 is 4.90 Å². The van der Waals surface area contributed by atoms with Gasteiger partial charge in [0.2, 0.25) is 0 Å². The highest BCUT2D eigenvalue weighted by atomic mass is 32.2. The minimum atomic E-state index is -0.299. The zero-order valence-corrected chi connectivity index (χ0v) is 15.3. The summed E-state index contributed by atoms with van der Waals surface area (Å²) in [6, 6.07) is 19.5. The van der Waals surface area contributed by atoms with Gasteiger partial charge in [0, 0.05) is 40.0 Å². The molecule has 130 valence electrons. The highest BCUT2D eigenvalue weighted by Crippen LogP contribution is 2.48. The SMILES string of the molecule is CC(Sc1ccccc1)=C1c2cc(F)ccc2N(C)c2ccc(F)cc21. The summed E-state index contributed by atoms with van der Waals surface area (Å²) in [5.74, 6) is -0.598. The van der Waals surface area contributed by atoms with Crippen molar-refractivity contribution in [3.63, 3.8) is 0 Å². The van der Waals surface area contributed by atoms with E-state index in [0.717, 1.165) is 37.9 Å². The molecular formula is C22H17F2NS. The van der Waals surface area contributed by atoms with Gasteiger partial charge in [0.1, 0.15) is 11.6 Å². The van der Waals surface area contributed by atoms with E-state index < -0.39 is 0 Å². The van der Waals surface area contributed by atoms with Crippen molar-refractivity contribution < 1.29 is 8.78 Å². The number of rotatable bonds is 2. The molecule has 1 aliphatic heterocycles. The van der Waals surface area contributed by atoms with Crippen LogP contribution < -0.4 is 4.90 Å². The van der Waals surface area contributed by atoms with Crippen LogP contribution in [-0.2, 0) is 0 Å². The molecule has 0 unspecified atom stereocenters. The zero-order valence-electron chi connectivity index (χ0n) is 14.5. The van der Waals surface area contributed by atoms with Crippen LogP contribution in [0.15, 0.2) is 76.5 Å². The molecule has 4 heteroatoms. The number of fused-ring (bicyclic) bond motifs is 2. The summed E-state index contributed by atoms with van der Waals surface area (Å²) < 4.78 is 28.0. The average molecular weight is 365 g/mol.